The summed E-state index contributed by atoms with van der Waals surface area (Å²) in [4.78, 5) is 0. The monoisotopic (exact) mass is 185 g/mol. The van der Waals surface area contributed by atoms with Crippen molar-refractivity contribution in [2.24, 2.45) is 5.73 Å². The minimum atomic E-state index is -0.600. The molecule has 0 bridgehead atoms. The average Bonchev–Trinajstić information content (AvgIpc) is 2.04. The minimum Gasteiger partial charge on any atom is -0.504 e. The highest BCUT2D eigenvalue weighted by molar-refractivity contribution is 5.44. The van der Waals surface area contributed by atoms with Crippen LogP contribution in [0.3, 0.4) is 0 Å². The summed E-state index contributed by atoms with van der Waals surface area (Å²) in [5, 5.41) is 9.19. The highest BCUT2D eigenvalue weighted by Crippen LogP contribution is 2.32. The third-order valence-corrected chi connectivity index (χ3v) is 1.80. The zero-order valence-electron chi connectivity index (χ0n) is 7.54. The molecule has 0 amide bonds. The van der Waals surface area contributed by atoms with Gasteiger partial charge in [0.2, 0.25) is 0 Å². The molecule has 1 aromatic rings. The van der Waals surface area contributed by atoms with Gasteiger partial charge in [-0.25, -0.2) is 4.39 Å². The Morgan fingerprint density at radius 1 is 1.54 bits per heavy atom. The first kappa shape index (κ1) is 9.80. The normalized spacial score (nSPS) is 12.6. The highest BCUT2D eigenvalue weighted by atomic mass is 19.1. The van der Waals surface area contributed by atoms with E-state index in [1.54, 1.807) is 6.92 Å². The summed E-state index contributed by atoms with van der Waals surface area (Å²) in [5.41, 5.74) is 5.84. The first-order valence-corrected chi connectivity index (χ1v) is 3.89. The highest BCUT2D eigenvalue weighted by Gasteiger charge is 2.15. The van der Waals surface area contributed by atoms with Gasteiger partial charge in [0.1, 0.15) is 0 Å². The summed E-state index contributed by atoms with van der Waals surface area (Å²) < 4.78 is 18.1. The summed E-state index contributed by atoms with van der Waals surface area (Å²) in [6, 6.07) is 2.38. The molecule has 0 saturated carbocycles. The van der Waals surface area contributed by atoms with Crippen molar-refractivity contribution in [3.05, 3.63) is 23.5 Å². The van der Waals surface area contributed by atoms with Gasteiger partial charge >= 0.3 is 0 Å². The lowest BCUT2D eigenvalue weighted by Crippen LogP contribution is -2.08. The molecule has 1 aromatic carbocycles. The van der Waals surface area contributed by atoms with Crippen LogP contribution in [-0.4, -0.2) is 12.2 Å². The predicted molar refractivity (Wildman–Crippen MR) is 47.2 cm³/mol. The lowest BCUT2D eigenvalue weighted by atomic mass is 10.1. The van der Waals surface area contributed by atoms with Gasteiger partial charge in [0, 0.05) is 11.6 Å². The van der Waals surface area contributed by atoms with E-state index in [4.69, 9.17) is 5.73 Å². The average molecular weight is 185 g/mol. The van der Waals surface area contributed by atoms with Crippen LogP contribution in [0.4, 0.5) is 4.39 Å². The number of rotatable bonds is 2. The first-order chi connectivity index (χ1) is 6.07. The van der Waals surface area contributed by atoms with Crippen molar-refractivity contribution in [2.75, 3.05) is 7.11 Å². The Morgan fingerprint density at radius 3 is 2.62 bits per heavy atom. The summed E-state index contributed by atoms with van der Waals surface area (Å²) >= 11 is 0. The van der Waals surface area contributed by atoms with Crippen molar-refractivity contribution >= 4 is 0 Å². The van der Waals surface area contributed by atoms with E-state index >= 15 is 0 Å². The summed E-state index contributed by atoms with van der Waals surface area (Å²) in [5.74, 6) is -0.975. The topological polar surface area (TPSA) is 55.5 Å². The molecule has 0 aromatic heterocycles. The standard InChI is InChI=1S/C9H12FNO2/c1-5(11)6-3-4-7(12)9(13-2)8(6)10/h3-5,12H,11H2,1-2H3. The second-order valence-corrected chi connectivity index (χ2v) is 2.81. The molecule has 72 valence electrons. The van der Waals surface area contributed by atoms with E-state index in [0.29, 0.717) is 5.56 Å². The molecule has 3 nitrogen and oxygen atoms in total. The Morgan fingerprint density at radius 2 is 2.15 bits per heavy atom. The van der Waals surface area contributed by atoms with Crippen molar-refractivity contribution < 1.29 is 14.2 Å². The number of benzene rings is 1. The Labute approximate surface area is 75.9 Å². The summed E-state index contributed by atoms with van der Waals surface area (Å²) in [7, 11) is 1.29. The third kappa shape index (κ3) is 1.72. The summed E-state index contributed by atoms with van der Waals surface area (Å²) in [6.45, 7) is 1.66. The Kier molecular flexibility index (Phi) is 2.72. The van der Waals surface area contributed by atoms with E-state index in [1.165, 1.54) is 19.2 Å². The molecule has 0 spiro atoms. The lowest BCUT2D eigenvalue weighted by molar-refractivity contribution is 0.348. The van der Waals surface area contributed by atoms with Crippen molar-refractivity contribution in [3.8, 4) is 11.5 Å². The second-order valence-electron chi connectivity index (χ2n) is 2.81. The fraction of sp³-hybridized carbons (Fsp3) is 0.333. The van der Waals surface area contributed by atoms with Crippen LogP contribution < -0.4 is 10.5 Å². The maximum Gasteiger partial charge on any atom is 0.196 e. The number of phenolic OH excluding ortho intramolecular Hbond substituents is 1. The van der Waals surface area contributed by atoms with E-state index in [1.807, 2.05) is 0 Å². The van der Waals surface area contributed by atoms with Crippen LogP contribution in [0.5, 0.6) is 11.5 Å². The van der Waals surface area contributed by atoms with Gasteiger partial charge in [0.05, 0.1) is 7.11 Å². The fourth-order valence-electron chi connectivity index (χ4n) is 1.11. The molecular weight excluding hydrogens is 173 g/mol. The van der Waals surface area contributed by atoms with Gasteiger partial charge in [-0.1, -0.05) is 6.07 Å². The second kappa shape index (κ2) is 3.62. The molecule has 13 heavy (non-hydrogen) atoms. The smallest absolute Gasteiger partial charge is 0.196 e. The van der Waals surface area contributed by atoms with Gasteiger partial charge in [-0.05, 0) is 13.0 Å². The van der Waals surface area contributed by atoms with E-state index in [2.05, 4.69) is 4.74 Å². The maximum atomic E-state index is 13.4. The van der Waals surface area contributed by atoms with Crippen molar-refractivity contribution in [1.82, 2.24) is 0 Å². The molecule has 0 radical (unpaired) electrons. The van der Waals surface area contributed by atoms with Gasteiger partial charge in [0.15, 0.2) is 17.3 Å². The zero-order chi connectivity index (χ0) is 10.0. The zero-order valence-corrected chi connectivity index (χ0v) is 7.54. The number of nitrogens with two attached hydrogens (primary N) is 1. The molecule has 4 heteroatoms. The van der Waals surface area contributed by atoms with E-state index < -0.39 is 11.9 Å². The van der Waals surface area contributed by atoms with Gasteiger partial charge in [-0.15, -0.1) is 0 Å². The van der Waals surface area contributed by atoms with Crippen molar-refractivity contribution in [3.63, 3.8) is 0 Å². The van der Waals surface area contributed by atoms with Crippen LogP contribution in [-0.2, 0) is 0 Å². The van der Waals surface area contributed by atoms with E-state index in [0.717, 1.165) is 0 Å². The third-order valence-electron chi connectivity index (χ3n) is 1.80. The number of halogens is 1. The molecule has 3 N–H and O–H groups in total. The predicted octanol–water partition coefficient (Wildman–Crippen LogP) is 1.56. The first-order valence-electron chi connectivity index (χ1n) is 3.89. The van der Waals surface area contributed by atoms with Crippen LogP contribution in [0.1, 0.15) is 18.5 Å². The molecule has 1 atom stereocenters. The molecule has 0 aliphatic heterocycles. The molecule has 0 saturated heterocycles. The largest absolute Gasteiger partial charge is 0.504 e. The fourth-order valence-corrected chi connectivity index (χ4v) is 1.11. The molecule has 1 unspecified atom stereocenters. The van der Waals surface area contributed by atoms with Crippen molar-refractivity contribution in [1.29, 1.82) is 0 Å². The molecular formula is C9H12FNO2. The molecule has 1 rings (SSSR count). The van der Waals surface area contributed by atoms with Crippen LogP contribution in [0.25, 0.3) is 0 Å². The number of phenols is 1. The molecule has 0 aliphatic carbocycles. The maximum absolute atomic E-state index is 13.4. The van der Waals surface area contributed by atoms with Crippen LogP contribution >= 0.6 is 0 Å². The van der Waals surface area contributed by atoms with Gasteiger partial charge in [0.25, 0.3) is 0 Å². The van der Waals surface area contributed by atoms with E-state index in [9.17, 15) is 9.50 Å². The number of ether oxygens (including phenoxy) is 1. The molecule has 0 aliphatic rings. The van der Waals surface area contributed by atoms with Crippen LogP contribution in [0, 0.1) is 5.82 Å². The van der Waals surface area contributed by atoms with E-state index in [-0.39, 0.29) is 11.5 Å². The van der Waals surface area contributed by atoms with Crippen molar-refractivity contribution in [2.45, 2.75) is 13.0 Å². The number of hydrogen-bond donors (Lipinski definition) is 2. The number of hydrogen-bond acceptors (Lipinski definition) is 3. The Hall–Kier alpha value is -1.29. The van der Waals surface area contributed by atoms with Crippen LogP contribution in [0.15, 0.2) is 12.1 Å². The SMILES string of the molecule is COc1c(O)ccc(C(C)N)c1F. The Balaban J connectivity index is 3.27. The molecule has 0 fully saturated rings. The van der Waals surface area contributed by atoms with Gasteiger partial charge < -0.3 is 15.6 Å². The van der Waals surface area contributed by atoms with Gasteiger partial charge in [-0.2, -0.15) is 0 Å². The minimum absolute atomic E-state index is 0.158. The summed E-state index contributed by atoms with van der Waals surface area (Å²) in [6.07, 6.45) is 0. The molecule has 0 heterocycles. The van der Waals surface area contributed by atoms with Gasteiger partial charge in [-0.3, -0.25) is 0 Å². The quantitative estimate of drug-likeness (QED) is 0.735. The number of methoxy groups -OCH3 is 1. The van der Waals surface area contributed by atoms with Crippen LogP contribution in [0.2, 0.25) is 0 Å². The number of aromatic hydroxyl groups is 1. The lowest BCUT2D eigenvalue weighted by Gasteiger charge is -2.11. The Bertz CT molecular complexity index is 313.